The minimum absolute atomic E-state index is 0.0560. The van der Waals surface area contributed by atoms with E-state index in [1.54, 1.807) is 12.1 Å². The molecule has 0 saturated heterocycles. The summed E-state index contributed by atoms with van der Waals surface area (Å²) in [6.45, 7) is 0.801. The molecule has 132 valence electrons. The summed E-state index contributed by atoms with van der Waals surface area (Å²) in [6.07, 6.45) is 0. The summed E-state index contributed by atoms with van der Waals surface area (Å²) in [7, 11) is -4.05. The SMILES string of the molecule is CC(=O)Nc1ccc(S(=O)(=O)N(CC(=O)Cl)c2cccc(Cl)c2)cc1. The van der Waals surface area contributed by atoms with E-state index in [4.69, 9.17) is 23.2 Å². The van der Waals surface area contributed by atoms with Crippen molar-refractivity contribution in [2.24, 2.45) is 0 Å². The zero-order valence-electron chi connectivity index (χ0n) is 13.1. The zero-order valence-corrected chi connectivity index (χ0v) is 15.4. The van der Waals surface area contributed by atoms with Crippen LogP contribution >= 0.6 is 23.2 Å². The molecule has 0 bridgehead atoms. The van der Waals surface area contributed by atoms with E-state index in [-0.39, 0.29) is 16.5 Å². The molecule has 0 aliphatic carbocycles. The van der Waals surface area contributed by atoms with Gasteiger partial charge in [-0.05, 0) is 54.1 Å². The number of sulfonamides is 1. The maximum atomic E-state index is 12.9. The van der Waals surface area contributed by atoms with Crippen LogP contribution in [0.3, 0.4) is 0 Å². The highest BCUT2D eigenvalue weighted by Gasteiger charge is 2.26. The molecular weight excluding hydrogens is 387 g/mol. The first-order valence-electron chi connectivity index (χ1n) is 7.04. The van der Waals surface area contributed by atoms with E-state index in [1.807, 2.05) is 0 Å². The van der Waals surface area contributed by atoms with Crippen molar-refractivity contribution in [1.82, 2.24) is 0 Å². The number of rotatable bonds is 6. The highest BCUT2D eigenvalue weighted by Crippen LogP contribution is 2.27. The minimum atomic E-state index is -4.05. The third kappa shape index (κ3) is 4.94. The Morgan fingerprint density at radius 2 is 1.76 bits per heavy atom. The van der Waals surface area contributed by atoms with Crippen molar-refractivity contribution >= 4 is 55.7 Å². The maximum absolute atomic E-state index is 12.9. The van der Waals surface area contributed by atoms with Crippen LogP contribution in [0.25, 0.3) is 0 Å². The molecule has 6 nitrogen and oxygen atoms in total. The van der Waals surface area contributed by atoms with Crippen molar-refractivity contribution in [1.29, 1.82) is 0 Å². The molecule has 25 heavy (non-hydrogen) atoms. The van der Waals surface area contributed by atoms with Gasteiger partial charge in [0, 0.05) is 17.6 Å². The molecule has 9 heteroatoms. The predicted octanol–water partition coefficient (Wildman–Crippen LogP) is 3.26. The second kappa shape index (κ2) is 7.86. The van der Waals surface area contributed by atoms with E-state index in [0.29, 0.717) is 10.7 Å². The molecule has 0 aromatic heterocycles. The van der Waals surface area contributed by atoms with Gasteiger partial charge in [0.1, 0.15) is 6.54 Å². The van der Waals surface area contributed by atoms with Gasteiger partial charge in [0.2, 0.25) is 11.1 Å². The van der Waals surface area contributed by atoms with Crippen molar-refractivity contribution in [2.45, 2.75) is 11.8 Å². The van der Waals surface area contributed by atoms with Crippen molar-refractivity contribution in [2.75, 3.05) is 16.2 Å². The number of halogens is 2. The van der Waals surface area contributed by atoms with Crippen molar-refractivity contribution in [3.05, 3.63) is 53.6 Å². The smallest absolute Gasteiger partial charge is 0.264 e. The Morgan fingerprint density at radius 1 is 1.12 bits per heavy atom. The normalized spacial score (nSPS) is 11.0. The summed E-state index contributed by atoms with van der Waals surface area (Å²) in [5, 5.41) is 2.03. The van der Waals surface area contributed by atoms with E-state index >= 15 is 0 Å². The molecular formula is C16H14Cl2N2O4S. The van der Waals surface area contributed by atoms with Crippen LogP contribution in [0.4, 0.5) is 11.4 Å². The largest absolute Gasteiger partial charge is 0.326 e. The second-order valence-corrected chi connectivity index (χ2v) is 7.77. The summed E-state index contributed by atoms with van der Waals surface area (Å²) in [5.41, 5.74) is 0.668. The summed E-state index contributed by atoms with van der Waals surface area (Å²) in [5.74, 6) is -0.274. The fraction of sp³-hybridized carbons (Fsp3) is 0.125. The highest BCUT2D eigenvalue weighted by molar-refractivity contribution is 7.92. The number of carbonyl (C=O) groups is 2. The quantitative estimate of drug-likeness (QED) is 0.754. The topological polar surface area (TPSA) is 83.6 Å². The first-order chi connectivity index (χ1) is 11.7. The van der Waals surface area contributed by atoms with Crippen molar-refractivity contribution in [3.63, 3.8) is 0 Å². The van der Waals surface area contributed by atoms with E-state index in [1.165, 1.54) is 43.3 Å². The fourth-order valence-electron chi connectivity index (χ4n) is 2.10. The number of amides is 1. The molecule has 1 amide bonds. The van der Waals surface area contributed by atoms with E-state index < -0.39 is 21.8 Å². The molecule has 0 radical (unpaired) electrons. The Hall–Kier alpha value is -2.09. The van der Waals surface area contributed by atoms with Crippen LogP contribution in [-0.4, -0.2) is 26.1 Å². The Morgan fingerprint density at radius 3 is 2.28 bits per heavy atom. The molecule has 0 atom stereocenters. The van der Waals surface area contributed by atoms with Crippen LogP contribution in [-0.2, 0) is 19.6 Å². The van der Waals surface area contributed by atoms with Crippen molar-refractivity contribution < 1.29 is 18.0 Å². The average Bonchev–Trinajstić information content (AvgIpc) is 2.52. The molecule has 2 aromatic carbocycles. The van der Waals surface area contributed by atoms with Gasteiger partial charge in [-0.1, -0.05) is 17.7 Å². The standard InChI is InChI=1S/C16H14Cl2N2O4S/c1-11(21)19-13-5-7-15(8-6-13)25(23,24)20(10-16(18)22)14-4-2-3-12(17)9-14/h2-9H,10H2,1H3,(H,19,21). The van der Waals surface area contributed by atoms with Crippen LogP contribution in [0, 0.1) is 0 Å². The van der Waals surface area contributed by atoms with Gasteiger partial charge in [-0.15, -0.1) is 0 Å². The second-order valence-electron chi connectivity index (χ2n) is 5.05. The maximum Gasteiger partial charge on any atom is 0.264 e. The van der Waals surface area contributed by atoms with Crippen LogP contribution in [0.5, 0.6) is 0 Å². The lowest BCUT2D eigenvalue weighted by Crippen LogP contribution is -2.34. The first kappa shape index (κ1) is 19.2. The third-order valence-electron chi connectivity index (χ3n) is 3.13. The van der Waals surface area contributed by atoms with Gasteiger partial charge in [0.15, 0.2) is 0 Å². The molecule has 0 fully saturated rings. The number of nitrogens with one attached hydrogen (secondary N) is 1. The van der Waals surface area contributed by atoms with Gasteiger partial charge >= 0.3 is 0 Å². The summed E-state index contributed by atoms with van der Waals surface area (Å²) in [6, 6.07) is 11.6. The molecule has 0 saturated carbocycles. The van der Waals surface area contributed by atoms with Crippen LogP contribution in [0.2, 0.25) is 5.02 Å². The molecule has 0 heterocycles. The first-order valence-corrected chi connectivity index (χ1v) is 9.24. The molecule has 2 rings (SSSR count). The van der Waals surface area contributed by atoms with Crippen LogP contribution in [0.15, 0.2) is 53.4 Å². The number of anilines is 2. The highest BCUT2D eigenvalue weighted by atomic mass is 35.5. The van der Waals surface area contributed by atoms with Crippen LogP contribution in [0.1, 0.15) is 6.92 Å². The van der Waals surface area contributed by atoms with Crippen molar-refractivity contribution in [3.8, 4) is 0 Å². The Labute approximate surface area is 155 Å². The van der Waals surface area contributed by atoms with E-state index in [2.05, 4.69) is 5.32 Å². The summed E-state index contributed by atoms with van der Waals surface area (Å²) >= 11 is 11.3. The minimum Gasteiger partial charge on any atom is -0.326 e. The van der Waals surface area contributed by atoms with Gasteiger partial charge in [-0.2, -0.15) is 0 Å². The van der Waals surface area contributed by atoms with Gasteiger partial charge in [0.05, 0.1) is 10.6 Å². The van der Waals surface area contributed by atoms with Gasteiger partial charge in [-0.3, -0.25) is 13.9 Å². The average molecular weight is 401 g/mol. The number of benzene rings is 2. The summed E-state index contributed by atoms with van der Waals surface area (Å²) < 4.78 is 26.7. The van der Waals surface area contributed by atoms with Gasteiger partial charge in [-0.25, -0.2) is 8.42 Å². The molecule has 2 aromatic rings. The molecule has 0 unspecified atom stereocenters. The van der Waals surface area contributed by atoms with Crippen LogP contribution < -0.4 is 9.62 Å². The molecule has 0 aliphatic rings. The lowest BCUT2D eigenvalue weighted by atomic mass is 10.3. The van der Waals surface area contributed by atoms with E-state index in [9.17, 15) is 18.0 Å². The number of nitrogens with zero attached hydrogens (tertiary/aromatic N) is 1. The predicted molar refractivity (Wildman–Crippen MR) is 97.6 cm³/mol. The van der Waals surface area contributed by atoms with Gasteiger partial charge < -0.3 is 5.32 Å². The molecule has 0 aliphatic heterocycles. The number of carbonyl (C=O) groups excluding carboxylic acids is 2. The Kier molecular flexibility index (Phi) is 6.05. The Bertz CT molecular complexity index is 899. The number of hydrogen-bond donors (Lipinski definition) is 1. The fourth-order valence-corrected chi connectivity index (χ4v) is 3.89. The lowest BCUT2D eigenvalue weighted by molar-refractivity contribution is -0.114. The number of hydrogen-bond acceptors (Lipinski definition) is 4. The van der Waals surface area contributed by atoms with E-state index in [0.717, 1.165) is 4.31 Å². The third-order valence-corrected chi connectivity index (χ3v) is 5.27. The molecule has 1 N–H and O–H groups in total. The zero-order chi connectivity index (χ0) is 18.6. The monoisotopic (exact) mass is 400 g/mol. The lowest BCUT2D eigenvalue weighted by Gasteiger charge is -2.23. The van der Waals surface area contributed by atoms with Gasteiger partial charge in [0.25, 0.3) is 10.0 Å². The summed E-state index contributed by atoms with van der Waals surface area (Å²) in [4.78, 5) is 22.3. The molecule has 0 spiro atoms. The Balaban J connectivity index is 2.44.